The van der Waals surface area contributed by atoms with Gasteiger partial charge in [0.1, 0.15) is 86.0 Å². The summed E-state index contributed by atoms with van der Waals surface area (Å²) in [5, 5.41) is 115. The van der Waals surface area contributed by atoms with E-state index in [4.69, 9.17) is 33.2 Å². The van der Waals surface area contributed by atoms with Crippen molar-refractivity contribution >= 4 is 6.16 Å². The monoisotopic (exact) mass is 844 g/mol. The number of aliphatic hydroxyl groups excluding tert-OH is 11. The van der Waals surface area contributed by atoms with Crippen molar-refractivity contribution in [3.8, 4) is 0 Å². The molecule has 0 bridgehead atoms. The van der Waals surface area contributed by atoms with E-state index in [1.807, 2.05) is 6.92 Å². The zero-order valence-electron chi connectivity index (χ0n) is 33.9. The molecule has 342 valence electrons. The Kier molecular flexibility index (Phi) is 23.6. The number of hydrogen-bond acceptors (Lipinski definition) is 19. The summed E-state index contributed by atoms with van der Waals surface area (Å²) < 4.78 is 38.9. The van der Waals surface area contributed by atoms with Crippen molar-refractivity contribution in [2.24, 2.45) is 0 Å². The molecule has 3 fully saturated rings. The smallest absolute Gasteiger partial charge is 0.432 e. The maximum absolute atomic E-state index is 13.2. The highest BCUT2D eigenvalue weighted by Crippen LogP contribution is 2.34. The number of rotatable bonds is 26. The number of carbonyl (C=O) groups excluding carboxylic acids is 1. The summed E-state index contributed by atoms with van der Waals surface area (Å²) in [5.74, 6) is 0. The van der Waals surface area contributed by atoms with Crippen LogP contribution in [0.3, 0.4) is 0 Å². The maximum Gasteiger partial charge on any atom is 0.508 e. The van der Waals surface area contributed by atoms with E-state index >= 15 is 0 Å². The standard InChI is InChI=1S/C39H72O19/c1-3-5-6-7-8-9-10-11-12-13-14-15-16-17-18-52-22(4-2)21-53-39(51)58-36-34(56-37-32(49)27(44)25(42)23(19-40)54-37)30(47)29(46)31(48)35(36)57-38-33(50)28(45)26(43)24(20-41)55-38/h22-38,40-50H,3-21H2,1-2H3/t22-,23?,24?,25-,26+,27?,28+,29?,30+,31?,32-,33?,34?,35?,36?,37-,38+/m1/s1. The maximum atomic E-state index is 13.2. The number of unbranched alkanes of at least 4 members (excludes halogenated alkanes) is 13. The van der Waals surface area contributed by atoms with Gasteiger partial charge in [-0.3, -0.25) is 0 Å². The van der Waals surface area contributed by atoms with E-state index < -0.39 is 124 Å². The molecule has 11 N–H and O–H groups in total. The van der Waals surface area contributed by atoms with Crippen LogP contribution in [0.5, 0.6) is 0 Å². The Morgan fingerprint density at radius 2 is 0.914 bits per heavy atom. The van der Waals surface area contributed by atoms with Crippen molar-refractivity contribution in [2.45, 2.75) is 214 Å². The van der Waals surface area contributed by atoms with Crippen molar-refractivity contribution in [3.63, 3.8) is 0 Å². The molecule has 2 aliphatic heterocycles. The lowest BCUT2D eigenvalue weighted by molar-refractivity contribution is -0.361. The second kappa shape index (κ2) is 26.9. The second-order valence-corrected chi connectivity index (χ2v) is 15.7. The number of aliphatic hydroxyl groups is 11. The van der Waals surface area contributed by atoms with Gasteiger partial charge >= 0.3 is 6.16 Å². The average molecular weight is 845 g/mol. The van der Waals surface area contributed by atoms with Crippen LogP contribution in [0.25, 0.3) is 0 Å². The summed E-state index contributed by atoms with van der Waals surface area (Å²) in [7, 11) is 0. The van der Waals surface area contributed by atoms with Gasteiger partial charge in [-0.1, -0.05) is 97.3 Å². The van der Waals surface area contributed by atoms with E-state index in [-0.39, 0.29) is 6.61 Å². The van der Waals surface area contributed by atoms with Crippen LogP contribution < -0.4 is 0 Å². The fraction of sp³-hybridized carbons (Fsp3) is 0.974. The van der Waals surface area contributed by atoms with Crippen molar-refractivity contribution < 1.29 is 94.1 Å². The van der Waals surface area contributed by atoms with Crippen molar-refractivity contribution in [3.05, 3.63) is 0 Å². The quantitative estimate of drug-likeness (QED) is 0.0377. The molecule has 9 unspecified atom stereocenters. The van der Waals surface area contributed by atoms with Gasteiger partial charge in [0.15, 0.2) is 18.7 Å². The van der Waals surface area contributed by atoms with Gasteiger partial charge in [0.2, 0.25) is 0 Å². The first kappa shape index (κ1) is 51.0. The van der Waals surface area contributed by atoms with Gasteiger partial charge in [-0.2, -0.15) is 0 Å². The third-order valence-corrected chi connectivity index (χ3v) is 11.2. The molecule has 0 amide bonds. The molecule has 3 aliphatic rings. The Balaban J connectivity index is 1.59. The van der Waals surface area contributed by atoms with Crippen LogP contribution >= 0.6 is 0 Å². The van der Waals surface area contributed by atoms with E-state index in [0.29, 0.717) is 13.0 Å². The molecule has 58 heavy (non-hydrogen) atoms. The van der Waals surface area contributed by atoms with Crippen LogP contribution in [0, 0.1) is 0 Å². The zero-order valence-corrected chi connectivity index (χ0v) is 33.9. The van der Waals surface area contributed by atoms with E-state index in [9.17, 15) is 61.0 Å². The summed E-state index contributed by atoms with van der Waals surface area (Å²) in [6.45, 7) is 2.53. The highest BCUT2D eigenvalue weighted by molar-refractivity contribution is 5.60. The Hall–Kier alpha value is -1.37. The first-order chi connectivity index (χ1) is 27.8. The lowest BCUT2D eigenvalue weighted by atomic mass is 9.84. The lowest BCUT2D eigenvalue weighted by Gasteiger charge is -2.49. The SMILES string of the molecule is CCCCCCCCCCCCCCCCO[C@H](CC)COC(=O)OC1C(O[C@@H]2OC(CO)[C@H](O)[C@H](O)C2O)C(O)C(O)[C@H](O)C1O[C@H]1OC(CO)[C@@H](O)C(O)[C@H]1O. The van der Waals surface area contributed by atoms with Gasteiger partial charge < -0.3 is 89.3 Å². The van der Waals surface area contributed by atoms with Crippen molar-refractivity contribution in [2.75, 3.05) is 26.4 Å². The Bertz CT molecular complexity index is 1050. The second-order valence-electron chi connectivity index (χ2n) is 15.7. The van der Waals surface area contributed by atoms with Crippen LogP contribution in [0.15, 0.2) is 0 Å². The van der Waals surface area contributed by atoms with Gasteiger partial charge in [-0.25, -0.2) is 4.79 Å². The molecule has 2 heterocycles. The lowest BCUT2D eigenvalue weighted by Crippen LogP contribution is -2.69. The predicted molar refractivity (Wildman–Crippen MR) is 202 cm³/mol. The molecule has 0 spiro atoms. The molecule has 17 atom stereocenters. The van der Waals surface area contributed by atoms with Gasteiger partial charge in [-0.05, 0) is 12.8 Å². The molecule has 2 saturated heterocycles. The summed E-state index contributed by atoms with van der Waals surface area (Å²) in [4.78, 5) is 13.2. The largest absolute Gasteiger partial charge is 0.508 e. The van der Waals surface area contributed by atoms with Crippen LogP contribution in [-0.4, -0.2) is 193 Å². The number of carbonyl (C=O) groups is 1. The van der Waals surface area contributed by atoms with E-state index in [1.165, 1.54) is 64.2 Å². The molecule has 0 radical (unpaired) electrons. The fourth-order valence-electron chi connectivity index (χ4n) is 7.42. The van der Waals surface area contributed by atoms with Gasteiger partial charge in [0, 0.05) is 6.61 Å². The molecule has 19 nitrogen and oxygen atoms in total. The van der Waals surface area contributed by atoms with Gasteiger partial charge in [0.25, 0.3) is 0 Å². The normalized spacial score (nSPS) is 37.4. The van der Waals surface area contributed by atoms with Crippen LogP contribution in [0.4, 0.5) is 4.79 Å². The molecular weight excluding hydrogens is 772 g/mol. The predicted octanol–water partition coefficient (Wildman–Crippen LogP) is -0.749. The molecule has 1 saturated carbocycles. The summed E-state index contributed by atoms with van der Waals surface area (Å²) >= 11 is 0. The third-order valence-electron chi connectivity index (χ3n) is 11.2. The zero-order chi connectivity index (χ0) is 42.8. The van der Waals surface area contributed by atoms with E-state index in [0.717, 1.165) is 25.7 Å². The topological polar surface area (TPSA) is 304 Å². The van der Waals surface area contributed by atoms with E-state index in [2.05, 4.69) is 6.92 Å². The Labute approximate surface area is 340 Å². The fourth-order valence-corrected chi connectivity index (χ4v) is 7.42. The molecule has 0 aromatic carbocycles. The minimum absolute atomic E-state index is 0.273. The summed E-state index contributed by atoms with van der Waals surface area (Å²) in [5.41, 5.74) is 0. The molecular formula is C39H72O19. The van der Waals surface area contributed by atoms with E-state index in [1.54, 1.807) is 0 Å². The number of hydrogen-bond donors (Lipinski definition) is 11. The van der Waals surface area contributed by atoms with Crippen molar-refractivity contribution in [1.82, 2.24) is 0 Å². The van der Waals surface area contributed by atoms with Gasteiger partial charge in [-0.15, -0.1) is 0 Å². The van der Waals surface area contributed by atoms with Crippen LogP contribution in [0.1, 0.15) is 110 Å². The van der Waals surface area contributed by atoms with Gasteiger partial charge in [0.05, 0.1) is 19.3 Å². The first-order valence-electron chi connectivity index (χ1n) is 21.2. The summed E-state index contributed by atoms with van der Waals surface area (Å²) in [6.07, 6.45) is -14.9. The van der Waals surface area contributed by atoms with Crippen LogP contribution in [0.2, 0.25) is 0 Å². The minimum atomic E-state index is -2.13. The molecule has 3 rings (SSSR count). The Morgan fingerprint density at radius 3 is 1.31 bits per heavy atom. The average Bonchev–Trinajstić information content (AvgIpc) is 3.22. The number of ether oxygens (including phenoxy) is 7. The third kappa shape index (κ3) is 14.9. The molecule has 1 aliphatic carbocycles. The summed E-state index contributed by atoms with van der Waals surface area (Å²) in [6, 6.07) is 0. The molecule has 19 heteroatoms. The minimum Gasteiger partial charge on any atom is -0.432 e. The molecule has 0 aromatic heterocycles. The highest BCUT2D eigenvalue weighted by atomic mass is 16.8. The molecule has 0 aromatic rings. The highest BCUT2D eigenvalue weighted by Gasteiger charge is 2.57. The van der Waals surface area contributed by atoms with Crippen molar-refractivity contribution in [1.29, 1.82) is 0 Å². The Morgan fingerprint density at radius 1 is 0.517 bits per heavy atom. The first-order valence-corrected chi connectivity index (χ1v) is 21.2. The van der Waals surface area contributed by atoms with Crippen LogP contribution in [-0.2, 0) is 33.2 Å².